The monoisotopic (exact) mass is 444 g/mol. The Kier molecular flexibility index (Phi) is 7.77. The molecule has 0 saturated carbocycles. The first-order valence-electron chi connectivity index (χ1n) is 10.3. The van der Waals surface area contributed by atoms with E-state index in [0.717, 1.165) is 18.9 Å². The van der Waals surface area contributed by atoms with Gasteiger partial charge < -0.3 is 24.0 Å². The highest BCUT2D eigenvalue weighted by Gasteiger charge is 2.36. The number of halogens is 3. The van der Waals surface area contributed by atoms with Gasteiger partial charge in [-0.05, 0) is 37.8 Å². The Balaban J connectivity index is 1.68. The predicted octanol–water partition coefficient (Wildman–Crippen LogP) is 2.84. The molecule has 0 atom stereocenters. The van der Waals surface area contributed by atoms with Crippen LogP contribution in [0.1, 0.15) is 36.0 Å². The molecule has 1 aromatic carbocycles. The molecule has 0 unspecified atom stereocenters. The van der Waals surface area contributed by atoms with Crippen molar-refractivity contribution in [3.05, 3.63) is 29.8 Å². The van der Waals surface area contributed by atoms with Crippen molar-refractivity contribution in [2.24, 2.45) is 0 Å². The second-order valence-corrected chi connectivity index (χ2v) is 7.64. The topological polar surface area (TPSA) is 68.3 Å². The number of benzene rings is 1. The van der Waals surface area contributed by atoms with Crippen molar-refractivity contribution in [1.82, 2.24) is 9.80 Å². The third kappa shape index (κ3) is 6.10. The number of alkyl halides is 3. The Morgan fingerprint density at radius 2 is 1.71 bits per heavy atom. The van der Waals surface area contributed by atoms with E-state index in [4.69, 9.17) is 9.47 Å². The van der Waals surface area contributed by atoms with Crippen LogP contribution >= 0.6 is 0 Å². The van der Waals surface area contributed by atoms with Crippen molar-refractivity contribution >= 4 is 11.8 Å². The summed E-state index contributed by atoms with van der Waals surface area (Å²) in [4.78, 5) is 29.0. The van der Waals surface area contributed by atoms with Gasteiger partial charge in [0, 0.05) is 45.5 Å². The van der Waals surface area contributed by atoms with Gasteiger partial charge >= 0.3 is 6.36 Å². The van der Waals surface area contributed by atoms with E-state index >= 15 is 0 Å². The van der Waals surface area contributed by atoms with E-state index < -0.39 is 18.0 Å². The van der Waals surface area contributed by atoms with E-state index in [9.17, 15) is 22.8 Å². The zero-order valence-corrected chi connectivity index (χ0v) is 17.4. The van der Waals surface area contributed by atoms with Crippen molar-refractivity contribution in [3.8, 4) is 5.75 Å². The molecule has 0 spiro atoms. The zero-order chi connectivity index (χ0) is 22.4. The molecule has 2 heterocycles. The summed E-state index contributed by atoms with van der Waals surface area (Å²) in [6.45, 7) is 1.84. The van der Waals surface area contributed by atoms with Crippen molar-refractivity contribution < 1.29 is 37.0 Å². The minimum atomic E-state index is -4.88. The van der Waals surface area contributed by atoms with Crippen molar-refractivity contribution in [1.29, 1.82) is 0 Å². The molecule has 10 heteroatoms. The number of hydrogen-bond acceptors (Lipinski definition) is 5. The van der Waals surface area contributed by atoms with E-state index in [0.29, 0.717) is 39.1 Å². The van der Waals surface area contributed by atoms with E-state index in [1.54, 1.807) is 0 Å². The number of rotatable bonds is 6. The minimum Gasteiger partial charge on any atom is -0.405 e. The van der Waals surface area contributed by atoms with E-state index in [-0.39, 0.29) is 30.2 Å². The minimum absolute atomic E-state index is 0.0152. The molecule has 2 saturated heterocycles. The third-order valence-electron chi connectivity index (χ3n) is 5.63. The van der Waals surface area contributed by atoms with E-state index in [1.165, 1.54) is 30.2 Å². The zero-order valence-electron chi connectivity index (χ0n) is 17.4. The summed E-state index contributed by atoms with van der Waals surface area (Å²) in [6, 6.07) is 5.34. The fourth-order valence-corrected chi connectivity index (χ4v) is 4.24. The van der Waals surface area contributed by atoms with Crippen LogP contribution in [0.2, 0.25) is 0 Å². The van der Waals surface area contributed by atoms with Crippen LogP contribution in [-0.4, -0.2) is 80.1 Å². The molecule has 3 rings (SSSR count). The number of carbonyl (C=O) groups is 2. The summed E-state index contributed by atoms with van der Waals surface area (Å²) in [6.07, 6.45) is -2.30. The fourth-order valence-electron chi connectivity index (χ4n) is 4.24. The standard InChI is InChI=1S/C21H27F3N2O5/c1-29-14-19(27)26(16-8-12-30-13-9-16)15-6-10-25(11-7-15)20(28)17-4-2-3-5-18(17)31-21(22,23)24/h2-5,15-16H,6-14H2,1H3. The molecular formula is C21H27F3N2O5. The highest BCUT2D eigenvalue weighted by atomic mass is 19.4. The van der Waals surface area contributed by atoms with Crippen LogP contribution in [0.4, 0.5) is 13.2 Å². The van der Waals surface area contributed by atoms with Gasteiger partial charge in [-0.2, -0.15) is 0 Å². The lowest BCUT2D eigenvalue weighted by atomic mass is 9.97. The van der Waals surface area contributed by atoms with Crippen LogP contribution in [-0.2, 0) is 14.3 Å². The predicted molar refractivity (Wildman–Crippen MR) is 105 cm³/mol. The van der Waals surface area contributed by atoms with Gasteiger partial charge in [-0.1, -0.05) is 12.1 Å². The highest BCUT2D eigenvalue weighted by Crippen LogP contribution is 2.29. The SMILES string of the molecule is COCC(=O)N(C1CCOCC1)C1CCN(C(=O)c2ccccc2OC(F)(F)F)CC1. The van der Waals surface area contributed by atoms with Gasteiger partial charge in [0.05, 0.1) is 5.56 Å². The highest BCUT2D eigenvalue weighted by molar-refractivity contribution is 5.97. The molecule has 2 aliphatic heterocycles. The lowest BCUT2D eigenvalue weighted by Gasteiger charge is -2.43. The van der Waals surface area contributed by atoms with Gasteiger partial charge in [0.2, 0.25) is 5.91 Å². The van der Waals surface area contributed by atoms with Crippen molar-refractivity contribution in [3.63, 3.8) is 0 Å². The molecular weight excluding hydrogens is 417 g/mol. The number of piperidine rings is 1. The lowest BCUT2D eigenvalue weighted by molar-refractivity contribution is -0.274. The first-order valence-corrected chi connectivity index (χ1v) is 10.3. The van der Waals surface area contributed by atoms with Gasteiger partial charge in [0.25, 0.3) is 5.91 Å². The number of ether oxygens (including phenoxy) is 3. The van der Waals surface area contributed by atoms with Crippen LogP contribution in [0, 0.1) is 0 Å². The van der Waals surface area contributed by atoms with Gasteiger partial charge in [0.15, 0.2) is 0 Å². The maximum absolute atomic E-state index is 12.9. The fraction of sp³-hybridized carbons (Fsp3) is 0.619. The van der Waals surface area contributed by atoms with E-state index in [2.05, 4.69) is 4.74 Å². The molecule has 2 aliphatic rings. The van der Waals surface area contributed by atoms with Crippen LogP contribution in [0.15, 0.2) is 24.3 Å². The average Bonchev–Trinajstić information content (AvgIpc) is 2.74. The first kappa shape index (κ1) is 23.3. The number of amides is 2. The molecule has 7 nitrogen and oxygen atoms in total. The molecule has 1 aromatic rings. The Bertz CT molecular complexity index is 760. The Morgan fingerprint density at radius 3 is 2.32 bits per heavy atom. The molecule has 172 valence electrons. The second kappa shape index (κ2) is 10.3. The van der Waals surface area contributed by atoms with Crippen LogP contribution in [0.25, 0.3) is 0 Å². The summed E-state index contributed by atoms with van der Waals surface area (Å²) in [5, 5.41) is 0. The number of nitrogens with zero attached hydrogens (tertiary/aromatic N) is 2. The van der Waals surface area contributed by atoms with Crippen LogP contribution < -0.4 is 4.74 Å². The number of methoxy groups -OCH3 is 1. The van der Waals surface area contributed by atoms with Crippen molar-refractivity contribution in [2.75, 3.05) is 40.0 Å². The summed E-state index contributed by atoms with van der Waals surface area (Å²) < 4.78 is 52.5. The molecule has 31 heavy (non-hydrogen) atoms. The maximum atomic E-state index is 12.9. The number of para-hydroxylation sites is 1. The lowest BCUT2D eigenvalue weighted by Crippen LogP contribution is -2.54. The molecule has 2 amide bonds. The summed E-state index contributed by atoms with van der Waals surface area (Å²) >= 11 is 0. The first-order chi connectivity index (χ1) is 14.8. The Morgan fingerprint density at radius 1 is 1.10 bits per heavy atom. The van der Waals surface area contributed by atoms with Gasteiger partial charge in [-0.25, -0.2) is 0 Å². The van der Waals surface area contributed by atoms with Gasteiger partial charge in [-0.3, -0.25) is 9.59 Å². The van der Waals surface area contributed by atoms with Gasteiger partial charge in [0.1, 0.15) is 12.4 Å². The average molecular weight is 444 g/mol. The Labute approximate surface area is 179 Å². The second-order valence-electron chi connectivity index (χ2n) is 7.64. The third-order valence-corrected chi connectivity index (χ3v) is 5.63. The smallest absolute Gasteiger partial charge is 0.405 e. The van der Waals surface area contributed by atoms with E-state index in [1.807, 2.05) is 4.90 Å². The molecule has 0 bridgehead atoms. The number of likely N-dealkylation sites (tertiary alicyclic amines) is 1. The van der Waals surface area contributed by atoms with Crippen LogP contribution in [0.5, 0.6) is 5.75 Å². The molecule has 0 aromatic heterocycles. The van der Waals surface area contributed by atoms with Gasteiger partial charge in [-0.15, -0.1) is 13.2 Å². The normalized spacial score (nSPS) is 18.6. The molecule has 2 fully saturated rings. The van der Waals surface area contributed by atoms with Crippen molar-refractivity contribution in [2.45, 2.75) is 44.1 Å². The largest absolute Gasteiger partial charge is 0.573 e. The quantitative estimate of drug-likeness (QED) is 0.675. The summed E-state index contributed by atoms with van der Waals surface area (Å²) in [7, 11) is 1.47. The molecule has 0 radical (unpaired) electrons. The Hall–Kier alpha value is -2.33. The molecule has 0 aliphatic carbocycles. The molecule has 0 N–H and O–H groups in total. The van der Waals surface area contributed by atoms with Crippen LogP contribution in [0.3, 0.4) is 0 Å². The summed E-state index contributed by atoms with van der Waals surface area (Å²) in [5.74, 6) is -1.12. The number of hydrogen-bond donors (Lipinski definition) is 0. The number of carbonyl (C=O) groups excluding carboxylic acids is 2. The maximum Gasteiger partial charge on any atom is 0.573 e. The summed E-state index contributed by atoms with van der Waals surface area (Å²) in [5.41, 5.74) is -0.130.